The minimum absolute atomic E-state index is 0.344. The molecular weight excluding hydrogens is 118 g/mol. The van der Waals surface area contributed by atoms with E-state index in [4.69, 9.17) is 0 Å². The molecule has 0 radical (unpaired) electrons. The molecule has 0 aliphatic rings. The van der Waals surface area contributed by atoms with Gasteiger partial charge >= 0.3 is 6.09 Å². The highest BCUT2D eigenvalue weighted by molar-refractivity contribution is 5.66. The summed E-state index contributed by atoms with van der Waals surface area (Å²) in [6, 6.07) is 0. The lowest BCUT2D eigenvalue weighted by Crippen LogP contribution is -2.23. The van der Waals surface area contributed by atoms with E-state index in [0.29, 0.717) is 6.54 Å². The van der Waals surface area contributed by atoms with E-state index in [-0.39, 0.29) is 6.09 Å². The van der Waals surface area contributed by atoms with Gasteiger partial charge in [-0.1, -0.05) is 13.3 Å². The van der Waals surface area contributed by atoms with Gasteiger partial charge in [0, 0.05) is 6.54 Å². The summed E-state index contributed by atoms with van der Waals surface area (Å²) in [5.74, 6) is 0. The molecule has 0 fully saturated rings. The molecule has 0 aromatic rings. The molecule has 0 aromatic heterocycles. The van der Waals surface area contributed by atoms with Crippen molar-refractivity contribution in [1.82, 2.24) is 5.32 Å². The van der Waals surface area contributed by atoms with Crippen molar-refractivity contribution >= 4 is 6.09 Å². The first-order valence-corrected chi connectivity index (χ1v) is 3.13. The van der Waals surface area contributed by atoms with Gasteiger partial charge in [-0.15, -0.1) is 0 Å². The Balaban J connectivity index is 2.97. The fraction of sp³-hybridized carbons (Fsp3) is 0.833. The van der Waals surface area contributed by atoms with E-state index in [2.05, 4.69) is 17.0 Å². The van der Waals surface area contributed by atoms with Crippen LogP contribution in [0.5, 0.6) is 0 Å². The van der Waals surface area contributed by atoms with Crippen molar-refractivity contribution in [2.24, 2.45) is 0 Å². The molecule has 0 saturated carbocycles. The second kappa shape index (κ2) is 5.41. The van der Waals surface area contributed by atoms with Crippen LogP contribution in [-0.4, -0.2) is 19.7 Å². The number of unbranched alkanes of at least 4 members (excludes halogenated alkanes) is 1. The largest absolute Gasteiger partial charge is 0.453 e. The maximum absolute atomic E-state index is 10.4. The van der Waals surface area contributed by atoms with Gasteiger partial charge < -0.3 is 10.1 Å². The molecule has 0 rings (SSSR count). The summed E-state index contributed by atoms with van der Waals surface area (Å²) in [7, 11) is 1.36. The number of hydrogen-bond donors (Lipinski definition) is 1. The topological polar surface area (TPSA) is 38.3 Å². The van der Waals surface area contributed by atoms with E-state index in [1.165, 1.54) is 7.11 Å². The molecule has 0 saturated heterocycles. The third kappa shape index (κ3) is 5.14. The highest BCUT2D eigenvalue weighted by Gasteiger charge is 1.93. The number of nitrogens with one attached hydrogen (secondary N) is 1. The highest BCUT2D eigenvalue weighted by atomic mass is 16.5. The van der Waals surface area contributed by atoms with Crippen LogP contribution in [0.3, 0.4) is 0 Å². The Morgan fingerprint density at radius 2 is 2.33 bits per heavy atom. The average molecular weight is 131 g/mol. The molecule has 54 valence electrons. The summed E-state index contributed by atoms with van der Waals surface area (Å²) in [4.78, 5) is 10.4. The van der Waals surface area contributed by atoms with Gasteiger partial charge in [-0.3, -0.25) is 0 Å². The normalized spacial score (nSPS) is 8.67. The lowest BCUT2D eigenvalue weighted by Gasteiger charge is -1.99. The van der Waals surface area contributed by atoms with Crippen LogP contribution >= 0.6 is 0 Å². The second-order valence-electron chi connectivity index (χ2n) is 1.77. The van der Waals surface area contributed by atoms with E-state index < -0.39 is 0 Å². The van der Waals surface area contributed by atoms with Crippen LogP contribution in [0.1, 0.15) is 19.8 Å². The first-order chi connectivity index (χ1) is 4.31. The number of carbonyl (C=O) groups excluding carboxylic acids is 1. The molecule has 0 unspecified atom stereocenters. The van der Waals surface area contributed by atoms with Crippen molar-refractivity contribution in [2.45, 2.75) is 19.8 Å². The Labute approximate surface area is 55.4 Å². The third-order valence-corrected chi connectivity index (χ3v) is 0.985. The molecule has 0 aliphatic carbocycles. The van der Waals surface area contributed by atoms with Gasteiger partial charge in [0.2, 0.25) is 0 Å². The molecule has 3 heteroatoms. The van der Waals surface area contributed by atoms with E-state index in [1.807, 2.05) is 0 Å². The fourth-order valence-electron chi connectivity index (χ4n) is 0.439. The minimum Gasteiger partial charge on any atom is -0.453 e. The Kier molecular flexibility index (Phi) is 4.97. The zero-order chi connectivity index (χ0) is 7.11. The van der Waals surface area contributed by atoms with Crippen molar-refractivity contribution in [3.8, 4) is 0 Å². The van der Waals surface area contributed by atoms with Crippen LogP contribution in [0, 0.1) is 0 Å². The van der Waals surface area contributed by atoms with E-state index in [1.54, 1.807) is 0 Å². The maximum Gasteiger partial charge on any atom is 0.406 e. The molecule has 0 aromatic carbocycles. The van der Waals surface area contributed by atoms with E-state index >= 15 is 0 Å². The van der Waals surface area contributed by atoms with Crippen LogP contribution in [0.2, 0.25) is 0 Å². The average Bonchev–Trinajstić information content (AvgIpc) is 1.89. The van der Waals surface area contributed by atoms with E-state index in [0.717, 1.165) is 12.8 Å². The van der Waals surface area contributed by atoms with Gasteiger partial charge in [-0.2, -0.15) is 0 Å². The Hall–Kier alpha value is -0.730. The molecule has 0 bridgehead atoms. The highest BCUT2D eigenvalue weighted by Crippen LogP contribution is 1.82. The van der Waals surface area contributed by atoms with Gasteiger partial charge in [0.15, 0.2) is 0 Å². The predicted molar refractivity (Wildman–Crippen MR) is 35.3 cm³/mol. The number of hydrogen-bond acceptors (Lipinski definition) is 2. The summed E-state index contributed by atoms with van der Waals surface area (Å²) in [5.41, 5.74) is 0. The first-order valence-electron chi connectivity index (χ1n) is 3.13. The lowest BCUT2D eigenvalue weighted by atomic mass is 10.3. The Bertz CT molecular complexity index is 83.1. The van der Waals surface area contributed by atoms with Gasteiger partial charge in [0.05, 0.1) is 7.11 Å². The summed E-state index contributed by atoms with van der Waals surface area (Å²) in [6.45, 7) is 2.78. The van der Waals surface area contributed by atoms with Crippen LogP contribution in [-0.2, 0) is 4.74 Å². The number of amides is 1. The monoisotopic (exact) mass is 131 g/mol. The molecule has 9 heavy (non-hydrogen) atoms. The van der Waals surface area contributed by atoms with Crippen LogP contribution in [0.4, 0.5) is 4.79 Å². The van der Waals surface area contributed by atoms with Gasteiger partial charge in [0.1, 0.15) is 0 Å². The summed E-state index contributed by atoms with van der Waals surface area (Å²) in [5, 5.41) is 2.57. The Morgan fingerprint density at radius 1 is 1.67 bits per heavy atom. The molecule has 0 spiro atoms. The van der Waals surface area contributed by atoms with Crippen LogP contribution in [0.25, 0.3) is 0 Å². The number of ether oxygens (including phenoxy) is 1. The lowest BCUT2D eigenvalue weighted by molar-refractivity contribution is 0.171. The molecule has 0 heterocycles. The number of rotatable bonds is 3. The molecule has 0 atom stereocenters. The summed E-state index contributed by atoms with van der Waals surface area (Å²) in [6.07, 6.45) is 1.75. The summed E-state index contributed by atoms with van der Waals surface area (Å²) < 4.78 is 4.35. The fourth-order valence-corrected chi connectivity index (χ4v) is 0.439. The number of alkyl carbamates (subject to hydrolysis) is 1. The van der Waals surface area contributed by atoms with Crippen LogP contribution in [0.15, 0.2) is 0 Å². The molecule has 1 amide bonds. The third-order valence-electron chi connectivity index (χ3n) is 0.985. The van der Waals surface area contributed by atoms with Crippen LogP contribution < -0.4 is 5.32 Å². The molecule has 3 nitrogen and oxygen atoms in total. The summed E-state index contributed by atoms with van der Waals surface area (Å²) >= 11 is 0. The van der Waals surface area contributed by atoms with Crippen molar-refractivity contribution in [2.75, 3.05) is 13.7 Å². The second-order valence-corrected chi connectivity index (χ2v) is 1.77. The molecular formula is C6H13NO2. The quantitative estimate of drug-likeness (QED) is 0.583. The SMILES string of the molecule is CCCCNC(=O)OC. The zero-order valence-corrected chi connectivity index (χ0v) is 5.94. The molecule has 0 aliphatic heterocycles. The standard InChI is InChI=1S/C6H13NO2/c1-3-4-5-7-6(8)9-2/h3-5H2,1-2H3,(H,7,8). The number of carbonyl (C=O) groups is 1. The van der Waals surface area contributed by atoms with Gasteiger partial charge in [-0.25, -0.2) is 4.79 Å². The first kappa shape index (κ1) is 8.27. The zero-order valence-electron chi connectivity index (χ0n) is 5.94. The minimum atomic E-state index is -0.344. The van der Waals surface area contributed by atoms with E-state index in [9.17, 15) is 4.79 Å². The predicted octanol–water partition coefficient (Wildman–Crippen LogP) is 1.14. The smallest absolute Gasteiger partial charge is 0.406 e. The van der Waals surface area contributed by atoms with Crippen molar-refractivity contribution in [3.63, 3.8) is 0 Å². The van der Waals surface area contributed by atoms with Crippen molar-refractivity contribution < 1.29 is 9.53 Å². The molecule has 1 N–H and O–H groups in total. The van der Waals surface area contributed by atoms with Gasteiger partial charge in [-0.05, 0) is 6.42 Å². The maximum atomic E-state index is 10.4. The van der Waals surface area contributed by atoms with Crippen molar-refractivity contribution in [1.29, 1.82) is 0 Å². The Morgan fingerprint density at radius 3 is 2.78 bits per heavy atom. The van der Waals surface area contributed by atoms with Crippen molar-refractivity contribution in [3.05, 3.63) is 0 Å². The number of methoxy groups -OCH3 is 1. The van der Waals surface area contributed by atoms with Gasteiger partial charge in [0.25, 0.3) is 0 Å².